The van der Waals surface area contributed by atoms with E-state index >= 15 is 0 Å². The number of sulfonamides is 1. The molecule has 88 valence electrons. The van der Waals surface area contributed by atoms with Crippen LogP contribution in [-0.2, 0) is 14.8 Å². The first-order chi connectivity index (χ1) is 7.33. The molecule has 0 aliphatic heterocycles. The van der Waals surface area contributed by atoms with Crippen LogP contribution in [0.1, 0.15) is 12.6 Å². The Morgan fingerprint density at radius 2 is 2.12 bits per heavy atom. The molecule has 1 heterocycles. The maximum Gasteiger partial charge on any atom is 0.323 e. The van der Waals surface area contributed by atoms with E-state index in [1.54, 1.807) is 19.1 Å². The summed E-state index contributed by atoms with van der Waals surface area (Å²) in [5.41, 5.74) is 0.642. The second-order valence-corrected chi connectivity index (χ2v) is 5.29. The summed E-state index contributed by atoms with van der Waals surface area (Å²) in [6.07, 6.45) is 0. The lowest BCUT2D eigenvalue weighted by Crippen LogP contribution is -2.32. The van der Waals surface area contributed by atoms with Gasteiger partial charge in [0, 0.05) is 5.69 Å². The van der Waals surface area contributed by atoms with Crippen molar-refractivity contribution < 1.29 is 18.3 Å². The number of carboxylic acid groups (broad SMARTS) is 1. The zero-order chi connectivity index (χ0) is 12.3. The topological polar surface area (TPSA) is 96.4 Å². The molecule has 1 unspecified atom stereocenters. The summed E-state index contributed by atoms with van der Waals surface area (Å²) in [4.78, 5) is 14.5. The van der Waals surface area contributed by atoms with Crippen LogP contribution in [0.2, 0.25) is 0 Å². The van der Waals surface area contributed by atoms with Gasteiger partial charge in [0.2, 0.25) is 10.0 Å². The van der Waals surface area contributed by atoms with Gasteiger partial charge in [-0.3, -0.25) is 9.52 Å². The third kappa shape index (κ3) is 2.93. The van der Waals surface area contributed by atoms with Crippen molar-refractivity contribution >= 4 is 21.8 Å². The molecule has 0 saturated carbocycles. The Morgan fingerprint density at radius 3 is 2.62 bits per heavy atom. The second-order valence-electron chi connectivity index (χ2n) is 3.29. The third-order valence-electron chi connectivity index (χ3n) is 1.95. The Bertz CT molecular complexity index is 498. The van der Waals surface area contributed by atoms with Gasteiger partial charge >= 0.3 is 5.97 Å². The largest absolute Gasteiger partial charge is 0.480 e. The van der Waals surface area contributed by atoms with Crippen LogP contribution in [0.5, 0.6) is 0 Å². The fraction of sp³-hybridized carbons (Fsp3) is 0.333. The number of nitrogens with one attached hydrogen (secondary N) is 1. The first-order valence-corrected chi connectivity index (χ1v) is 6.05. The summed E-state index contributed by atoms with van der Waals surface area (Å²) in [5.74, 6) is -1.28. The zero-order valence-corrected chi connectivity index (χ0v) is 9.65. The van der Waals surface area contributed by atoms with Crippen LogP contribution in [-0.4, -0.2) is 29.7 Å². The maximum absolute atomic E-state index is 11.5. The highest BCUT2D eigenvalue weighted by Gasteiger charge is 2.27. The molecule has 1 rings (SSSR count). The normalized spacial score (nSPS) is 13.1. The van der Waals surface area contributed by atoms with Gasteiger partial charge in [-0.25, -0.2) is 13.4 Å². The number of nitrogens with zero attached hydrogens (tertiary/aromatic N) is 1. The van der Waals surface area contributed by atoms with Crippen molar-refractivity contribution in [1.29, 1.82) is 0 Å². The minimum atomic E-state index is -3.94. The van der Waals surface area contributed by atoms with Crippen molar-refractivity contribution in [3.05, 3.63) is 23.9 Å². The number of aryl methyl sites for hydroxylation is 1. The molecule has 16 heavy (non-hydrogen) atoms. The van der Waals surface area contributed by atoms with Crippen LogP contribution in [0, 0.1) is 6.92 Å². The van der Waals surface area contributed by atoms with Gasteiger partial charge < -0.3 is 5.11 Å². The van der Waals surface area contributed by atoms with Crippen LogP contribution in [0.15, 0.2) is 18.2 Å². The number of rotatable bonds is 4. The van der Waals surface area contributed by atoms with Gasteiger partial charge in [0.15, 0.2) is 5.25 Å². The van der Waals surface area contributed by atoms with Gasteiger partial charge in [-0.1, -0.05) is 6.07 Å². The molecule has 6 nitrogen and oxygen atoms in total. The molecule has 0 saturated heterocycles. The first-order valence-electron chi connectivity index (χ1n) is 4.51. The molecule has 1 atom stereocenters. The number of carboxylic acids is 1. The summed E-state index contributed by atoms with van der Waals surface area (Å²) < 4.78 is 25.2. The van der Waals surface area contributed by atoms with Crippen molar-refractivity contribution in [2.75, 3.05) is 4.72 Å². The van der Waals surface area contributed by atoms with E-state index in [1.807, 2.05) is 0 Å². The molecule has 1 aromatic rings. The minimum Gasteiger partial charge on any atom is -0.480 e. The SMILES string of the molecule is Cc1cccc(NS(=O)(=O)C(C)C(=O)O)n1. The molecule has 0 spiro atoms. The van der Waals surface area contributed by atoms with E-state index in [9.17, 15) is 13.2 Å². The first kappa shape index (κ1) is 12.4. The number of anilines is 1. The molecule has 0 fully saturated rings. The van der Waals surface area contributed by atoms with Gasteiger partial charge in [-0.05, 0) is 26.0 Å². The smallest absolute Gasteiger partial charge is 0.323 e. The van der Waals surface area contributed by atoms with E-state index in [2.05, 4.69) is 9.71 Å². The van der Waals surface area contributed by atoms with Crippen molar-refractivity contribution in [1.82, 2.24) is 4.98 Å². The van der Waals surface area contributed by atoms with Crippen LogP contribution < -0.4 is 4.72 Å². The highest BCUT2D eigenvalue weighted by Crippen LogP contribution is 2.09. The number of pyridine rings is 1. The molecule has 0 amide bonds. The van der Waals surface area contributed by atoms with Gasteiger partial charge in [-0.2, -0.15) is 0 Å². The van der Waals surface area contributed by atoms with Crippen LogP contribution in [0.3, 0.4) is 0 Å². The predicted molar refractivity (Wildman–Crippen MR) is 58.6 cm³/mol. The van der Waals surface area contributed by atoms with E-state index in [1.165, 1.54) is 6.07 Å². The van der Waals surface area contributed by atoms with Crippen LogP contribution >= 0.6 is 0 Å². The number of carbonyl (C=O) groups is 1. The molecule has 0 radical (unpaired) electrons. The summed E-state index contributed by atoms with van der Waals surface area (Å²) in [6, 6.07) is 4.79. The molecule has 0 bridgehead atoms. The van der Waals surface area contributed by atoms with Crippen molar-refractivity contribution in [2.24, 2.45) is 0 Å². The van der Waals surface area contributed by atoms with Gasteiger partial charge in [0.25, 0.3) is 0 Å². The number of aromatic nitrogens is 1. The van der Waals surface area contributed by atoms with Crippen molar-refractivity contribution in [3.8, 4) is 0 Å². The Labute approximate surface area is 93.4 Å². The van der Waals surface area contributed by atoms with Crippen molar-refractivity contribution in [2.45, 2.75) is 19.1 Å². The Hall–Kier alpha value is -1.63. The fourth-order valence-corrected chi connectivity index (χ4v) is 1.81. The lowest BCUT2D eigenvalue weighted by Gasteiger charge is -2.10. The highest BCUT2D eigenvalue weighted by molar-refractivity contribution is 7.94. The molecular formula is C9H12N2O4S. The number of hydrogen-bond donors (Lipinski definition) is 2. The summed E-state index contributed by atoms with van der Waals surface area (Å²) in [7, 11) is -3.94. The third-order valence-corrected chi connectivity index (χ3v) is 3.57. The number of aliphatic carboxylic acids is 1. The monoisotopic (exact) mass is 244 g/mol. The Morgan fingerprint density at radius 1 is 1.50 bits per heavy atom. The van der Waals surface area contributed by atoms with E-state index < -0.39 is 21.2 Å². The maximum atomic E-state index is 11.5. The van der Waals surface area contributed by atoms with E-state index in [0.717, 1.165) is 6.92 Å². The predicted octanol–water partition coefficient (Wildman–Crippen LogP) is 0.605. The van der Waals surface area contributed by atoms with Gasteiger partial charge in [-0.15, -0.1) is 0 Å². The molecular weight excluding hydrogens is 232 g/mol. The van der Waals surface area contributed by atoms with Crippen molar-refractivity contribution in [3.63, 3.8) is 0 Å². The zero-order valence-electron chi connectivity index (χ0n) is 8.84. The quantitative estimate of drug-likeness (QED) is 0.808. The summed E-state index contributed by atoms with van der Waals surface area (Å²) in [6.45, 7) is 2.80. The molecule has 1 aromatic heterocycles. The molecule has 7 heteroatoms. The molecule has 0 aromatic carbocycles. The Balaban J connectivity index is 2.93. The average Bonchev–Trinajstić information content (AvgIpc) is 2.15. The summed E-state index contributed by atoms with van der Waals surface area (Å²) in [5, 5.41) is 7.09. The fourth-order valence-electron chi connectivity index (χ4n) is 0.967. The minimum absolute atomic E-state index is 0.119. The molecule has 0 aliphatic rings. The lowest BCUT2D eigenvalue weighted by molar-refractivity contribution is -0.136. The Kier molecular flexibility index (Phi) is 3.48. The second kappa shape index (κ2) is 4.48. The molecule has 0 aliphatic carbocycles. The average molecular weight is 244 g/mol. The van der Waals surface area contributed by atoms with Gasteiger partial charge in [0.1, 0.15) is 5.82 Å². The lowest BCUT2D eigenvalue weighted by atomic mass is 10.4. The standard InChI is InChI=1S/C9H12N2O4S/c1-6-4-3-5-8(10-6)11-16(14,15)7(2)9(12)13/h3-5,7H,1-2H3,(H,10,11)(H,12,13). The highest BCUT2D eigenvalue weighted by atomic mass is 32.2. The van der Waals surface area contributed by atoms with E-state index in [4.69, 9.17) is 5.11 Å². The molecule has 2 N–H and O–H groups in total. The van der Waals surface area contributed by atoms with E-state index in [-0.39, 0.29) is 5.82 Å². The van der Waals surface area contributed by atoms with Gasteiger partial charge in [0.05, 0.1) is 0 Å². The van der Waals surface area contributed by atoms with Crippen LogP contribution in [0.25, 0.3) is 0 Å². The van der Waals surface area contributed by atoms with Crippen LogP contribution in [0.4, 0.5) is 5.82 Å². The number of hydrogen-bond acceptors (Lipinski definition) is 4. The summed E-state index contributed by atoms with van der Waals surface area (Å²) >= 11 is 0. The van der Waals surface area contributed by atoms with E-state index in [0.29, 0.717) is 5.69 Å².